The molecule has 160 valence electrons. The molecule has 0 aliphatic rings. The van der Waals surface area contributed by atoms with Crippen molar-refractivity contribution in [3.05, 3.63) is 66.1 Å². The maximum absolute atomic E-state index is 12.8. The molecule has 0 atom stereocenters. The number of aliphatic hydroxyl groups excluding tert-OH is 1. The first-order valence-electron chi connectivity index (χ1n) is 8.95. The normalized spacial score (nSPS) is 11.6. The zero-order valence-corrected chi connectivity index (χ0v) is 16.0. The van der Waals surface area contributed by atoms with Gasteiger partial charge in [-0.2, -0.15) is 9.50 Å². The lowest BCUT2D eigenvalue weighted by Crippen LogP contribution is -2.27. The van der Waals surface area contributed by atoms with Gasteiger partial charge in [0.25, 0.3) is 5.91 Å². The summed E-state index contributed by atoms with van der Waals surface area (Å²) in [6, 6.07) is 13.8. The van der Waals surface area contributed by atoms with Crippen molar-refractivity contribution in [2.75, 3.05) is 11.9 Å². The van der Waals surface area contributed by atoms with E-state index in [0.29, 0.717) is 11.3 Å². The van der Waals surface area contributed by atoms with Crippen LogP contribution in [0.2, 0.25) is 0 Å². The highest BCUT2D eigenvalue weighted by Gasteiger charge is 2.31. The van der Waals surface area contributed by atoms with E-state index in [0.717, 1.165) is 12.1 Å². The Morgan fingerprint density at radius 2 is 1.84 bits per heavy atom. The second-order valence-corrected chi connectivity index (χ2v) is 6.44. The first-order chi connectivity index (χ1) is 14.8. The van der Waals surface area contributed by atoms with E-state index >= 15 is 0 Å². The van der Waals surface area contributed by atoms with Crippen molar-refractivity contribution in [2.45, 2.75) is 13.0 Å². The summed E-state index contributed by atoms with van der Waals surface area (Å²) in [5, 5.41) is 14.0. The standard InChI is InChI=1S/C20H15F3N4O4/c1-26(13-5-3-2-4-6-13)18(29)16-15(11-28)27-19(30-16)24-17(25-27)12-7-9-14(10-8-12)31-20(21,22)23/h2-10,28H,11H2,1H3. The van der Waals surface area contributed by atoms with Gasteiger partial charge in [0.05, 0.1) is 6.61 Å². The number of ether oxygens (including phenoxy) is 1. The van der Waals surface area contributed by atoms with E-state index in [2.05, 4.69) is 14.8 Å². The number of benzene rings is 2. The molecule has 4 rings (SSSR count). The molecule has 2 aromatic carbocycles. The van der Waals surface area contributed by atoms with Gasteiger partial charge in [-0.15, -0.1) is 18.3 Å². The first kappa shape index (κ1) is 20.4. The Hall–Kier alpha value is -3.86. The van der Waals surface area contributed by atoms with Gasteiger partial charge in [-0.05, 0) is 36.4 Å². The number of carbonyl (C=O) groups is 1. The minimum atomic E-state index is -4.79. The number of halogens is 3. The second kappa shape index (κ2) is 7.76. The van der Waals surface area contributed by atoms with E-state index in [9.17, 15) is 23.1 Å². The average Bonchev–Trinajstić information content (AvgIpc) is 3.30. The third kappa shape index (κ3) is 4.08. The number of anilines is 1. The van der Waals surface area contributed by atoms with Crippen molar-refractivity contribution in [3.8, 4) is 17.1 Å². The van der Waals surface area contributed by atoms with Crippen molar-refractivity contribution < 1.29 is 32.2 Å². The zero-order valence-electron chi connectivity index (χ0n) is 16.0. The Kier molecular flexibility index (Phi) is 5.11. The number of nitrogens with zero attached hydrogens (tertiary/aromatic N) is 4. The highest BCUT2D eigenvalue weighted by molar-refractivity contribution is 6.04. The number of aromatic nitrogens is 3. The van der Waals surface area contributed by atoms with E-state index < -0.39 is 18.9 Å². The lowest BCUT2D eigenvalue weighted by Gasteiger charge is -2.15. The molecule has 4 aromatic rings. The summed E-state index contributed by atoms with van der Waals surface area (Å²) < 4.78 is 47.5. The average molecular weight is 432 g/mol. The molecule has 2 aromatic heterocycles. The molecule has 0 fully saturated rings. The molecule has 0 unspecified atom stereocenters. The van der Waals surface area contributed by atoms with E-state index in [-0.39, 0.29) is 28.9 Å². The Labute approximate surface area is 173 Å². The van der Waals surface area contributed by atoms with Crippen LogP contribution in [0.25, 0.3) is 17.2 Å². The predicted molar refractivity (Wildman–Crippen MR) is 102 cm³/mol. The van der Waals surface area contributed by atoms with Gasteiger partial charge in [-0.25, -0.2) is 0 Å². The fraction of sp³-hybridized carbons (Fsp3) is 0.150. The summed E-state index contributed by atoms with van der Waals surface area (Å²) in [5.41, 5.74) is 1.12. The Morgan fingerprint density at radius 3 is 2.45 bits per heavy atom. The molecule has 31 heavy (non-hydrogen) atoms. The molecular weight excluding hydrogens is 417 g/mol. The lowest BCUT2D eigenvalue weighted by atomic mass is 10.2. The van der Waals surface area contributed by atoms with Crippen LogP contribution in [-0.2, 0) is 6.61 Å². The van der Waals surface area contributed by atoms with Crippen LogP contribution in [0, 0.1) is 0 Å². The van der Waals surface area contributed by atoms with Crippen LogP contribution >= 0.6 is 0 Å². The Balaban J connectivity index is 1.64. The van der Waals surface area contributed by atoms with Gasteiger partial charge in [-0.3, -0.25) is 4.79 Å². The summed E-state index contributed by atoms with van der Waals surface area (Å²) in [7, 11) is 1.56. The Bertz CT molecular complexity index is 1220. The molecule has 2 heterocycles. The minimum absolute atomic E-state index is 0.0421. The third-order valence-corrected chi connectivity index (χ3v) is 4.43. The number of carbonyl (C=O) groups excluding carboxylic acids is 1. The number of alkyl halides is 3. The largest absolute Gasteiger partial charge is 0.573 e. The van der Waals surface area contributed by atoms with Crippen LogP contribution < -0.4 is 9.64 Å². The number of oxazole rings is 1. The third-order valence-electron chi connectivity index (χ3n) is 4.43. The van der Waals surface area contributed by atoms with Crippen molar-refractivity contribution >= 4 is 17.4 Å². The van der Waals surface area contributed by atoms with Gasteiger partial charge < -0.3 is 19.2 Å². The molecule has 0 aliphatic heterocycles. The van der Waals surface area contributed by atoms with Crippen LogP contribution in [-0.4, -0.2) is 39.0 Å². The molecule has 1 N–H and O–H groups in total. The fourth-order valence-corrected chi connectivity index (χ4v) is 2.94. The van der Waals surface area contributed by atoms with Gasteiger partial charge in [-0.1, -0.05) is 18.2 Å². The number of aliphatic hydroxyl groups is 1. The van der Waals surface area contributed by atoms with Crippen molar-refractivity contribution in [3.63, 3.8) is 0 Å². The topological polar surface area (TPSA) is 93.1 Å². The summed E-state index contributed by atoms with van der Waals surface area (Å²) in [5.74, 6) is -0.906. The Morgan fingerprint density at radius 1 is 1.16 bits per heavy atom. The first-order valence-corrected chi connectivity index (χ1v) is 8.95. The van der Waals surface area contributed by atoms with Crippen molar-refractivity contribution in [1.82, 2.24) is 14.6 Å². The van der Waals surface area contributed by atoms with Crippen molar-refractivity contribution in [2.24, 2.45) is 0 Å². The number of hydrogen-bond acceptors (Lipinski definition) is 6. The molecule has 11 heteroatoms. The summed E-state index contributed by atoms with van der Waals surface area (Å²) in [6.45, 7) is -0.544. The van der Waals surface area contributed by atoms with E-state index in [1.165, 1.54) is 21.5 Å². The number of amides is 1. The van der Waals surface area contributed by atoms with Crippen molar-refractivity contribution in [1.29, 1.82) is 0 Å². The number of rotatable bonds is 5. The van der Waals surface area contributed by atoms with E-state index in [1.54, 1.807) is 31.3 Å². The molecule has 0 spiro atoms. The number of fused-ring (bicyclic) bond motifs is 1. The van der Waals surface area contributed by atoms with Crippen LogP contribution in [0.1, 0.15) is 16.2 Å². The monoisotopic (exact) mass is 432 g/mol. The fourth-order valence-electron chi connectivity index (χ4n) is 2.94. The van der Waals surface area contributed by atoms with E-state index in [4.69, 9.17) is 4.42 Å². The predicted octanol–water partition coefficient (Wildman–Crippen LogP) is 3.66. The summed E-state index contributed by atoms with van der Waals surface area (Å²) in [4.78, 5) is 18.4. The minimum Gasteiger partial charge on any atom is -0.416 e. The number of para-hydroxylation sites is 1. The maximum atomic E-state index is 12.8. The molecule has 8 nitrogen and oxygen atoms in total. The molecule has 0 radical (unpaired) electrons. The van der Waals surface area contributed by atoms with Crippen LogP contribution in [0.3, 0.4) is 0 Å². The highest BCUT2D eigenvalue weighted by atomic mass is 19.4. The second-order valence-electron chi connectivity index (χ2n) is 6.44. The number of hydrogen-bond donors (Lipinski definition) is 1. The lowest BCUT2D eigenvalue weighted by molar-refractivity contribution is -0.274. The van der Waals surface area contributed by atoms with Crippen LogP contribution in [0.5, 0.6) is 5.75 Å². The molecule has 0 saturated carbocycles. The van der Waals surface area contributed by atoms with Gasteiger partial charge in [0.1, 0.15) is 11.4 Å². The quantitative estimate of drug-likeness (QED) is 0.518. The van der Waals surface area contributed by atoms with E-state index in [1.807, 2.05) is 6.07 Å². The zero-order chi connectivity index (χ0) is 22.2. The molecular formula is C20H15F3N4O4. The molecule has 0 bridgehead atoms. The van der Waals surface area contributed by atoms with Gasteiger partial charge >= 0.3 is 12.2 Å². The molecule has 0 aliphatic carbocycles. The smallest absolute Gasteiger partial charge is 0.416 e. The highest BCUT2D eigenvalue weighted by Crippen LogP contribution is 2.27. The molecule has 1 amide bonds. The van der Waals surface area contributed by atoms with Gasteiger partial charge in [0.2, 0.25) is 5.76 Å². The molecule has 0 saturated heterocycles. The van der Waals surface area contributed by atoms with Gasteiger partial charge in [0.15, 0.2) is 5.82 Å². The maximum Gasteiger partial charge on any atom is 0.573 e. The summed E-state index contributed by atoms with van der Waals surface area (Å²) >= 11 is 0. The van der Waals surface area contributed by atoms with Crippen LogP contribution in [0.4, 0.5) is 18.9 Å². The SMILES string of the molecule is CN(C(=O)c1oc2nc(-c3ccc(OC(F)(F)F)cc3)nn2c1CO)c1ccccc1. The van der Waals surface area contributed by atoms with Crippen LogP contribution in [0.15, 0.2) is 59.0 Å². The summed E-state index contributed by atoms with van der Waals surface area (Å²) in [6.07, 6.45) is -4.79. The van der Waals surface area contributed by atoms with Gasteiger partial charge in [0, 0.05) is 18.3 Å².